The van der Waals surface area contributed by atoms with Crippen LogP contribution in [0.2, 0.25) is 0 Å². The molecule has 2 aromatic heterocycles. The summed E-state index contributed by atoms with van der Waals surface area (Å²) in [6.07, 6.45) is 3.40. The number of carbonyl (C=O) groups excluding carboxylic acids is 1. The van der Waals surface area contributed by atoms with E-state index in [-0.39, 0.29) is 5.91 Å². The lowest BCUT2D eigenvalue weighted by atomic mass is 9.98. The second-order valence-corrected chi connectivity index (χ2v) is 8.19. The zero-order valence-electron chi connectivity index (χ0n) is 15.5. The van der Waals surface area contributed by atoms with Crippen molar-refractivity contribution < 1.29 is 4.79 Å². The predicted octanol–water partition coefficient (Wildman–Crippen LogP) is 4.07. The second-order valence-electron chi connectivity index (χ2n) is 7.25. The van der Waals surface area contributed by atoms with Crippen molar-refractivity contribution in [1.82, 2.24) is 19.5 Å². The SMILES string of the molecule is Cc1cc2ccccc2n2c(SCC(=O)N3[C@H](C)CCC[C@H]3C)nnc12. The maximum absolute atomic E-state index is 12.8. The Balaban J connectivity index is 1.63. The molecule has 0 spiro atoms. The fraction of sp³-hybridized carbons (Fsp3) is 0.450. The molecule has 0 saturated carbocycles. The van der Waals surface area contributed by atoms with E-state index in [2.05, 4.69) is 51.5 Å². The summed E-state index contributed by atoms with van der Waals surface area (Å²) in [5, 5.41) is 10.7. The number of hydrogen-bond donors (Lipinski definition) is 0. The molecule has 1 amide bonds. The van der Waals surface area contributed by atoms with E-state index in [1.54, 1.807) is 0 Å². The maximum Gasteiger partial charge on any atom is 0.233 e. The Morgan fingerprint density at radius 2 is 1.92 bits per heavy atom. The Labute approximate surface area is 157 Å². The van der Waals surface area contributed by atoms with Gasteiger partial charge in [-0.1, -0.05) is 30.0 Å². The number of thioether (sulfide) groups is 1. The van der Waals surface area contributed by atoms with Gasteiger partial charge in [0.1, 0.15) is 0 Å². The van der Waals surface area contributed by atoms with Gasteiger partial charge in [-0.05, 0) is 63.1 Å². The average molecular weight is 369 g/mol. The highest BCUT2D eigenvalue weighted by Crippen LogP contribution is 2.27. The fourth-order valence-electron chi connectivity index (χ4n) is 4.06. The third-order valence-electron chi connectivity index (χ3n) is 5.34. The van der Waals surface area contributed by atoms with Gasteiger partial charge in [0.05, 0.1) is 11.3 Å². The van der Waals surface area contributed by atoms with E-state index in [4.69, 9.17) is 0 Å². The van der Waals surface area contributed by atoms with Crippen LogP contribution in [0.25, 0.3) is 16.6 Å². The van der Waals surface area contributed by atoms with Crippen LogP contribution in [0.15, 0.2) is 35.5 Å². The van der Waals surface area contributed by atoms with Gasteiger partial charge >= 0.3 is 0 Å². The van der Waals surface area contributed by atoms with Crippen LogP contribution < -0.4 is 0 Å². The van der Waals surface area contributed by atoms with E-state index >= 15 is 0 Å². The van der Waals surface area contributed by atoms with E-state index in [9.17, 15) is 4.79 Å². The summed E-state index contributed by atoms with van der Waals surface area (Å²) >= 11 is 1.48. The number of para-hydroxylation sites is 1. The van der Waals surface area contributed by atoms with Crippen LogP contribution in [0.4, 0.5) is 0 Å². The lowest BCUT2D eigenvalue weighted by Gasteiger charge is -2.39. The molecule has 6 heteroatoms. The molecule has 1 fully saturated rings. The van der Waals surface area contributed by atoms with Gasteiger partial charge < -0.3 is 4.90 Å². The van der Waals surface area contributed by atoms with Crippen LogP contribution in [0.5, 0.6) is 0 Å². The van der Waals surface area contributed by atoms with Crippen molar-refractivity contribution in [3.63, 3.8) is 0 Å². The van der Waals surface area contributed by atoms with Crippen molar-refractivity contribution in [2.24, 2.45) is 0 Å². The van der Waals surface area contributed by atoms with E-state index < -0.39 is 0 Å². The highest BCUT2D eigenvalue weighted by Gasteiger charge is 2.29. The molecule has 4 rings (SSSR count). The number of amides is 1. The highest BCUT2D eigenvalue weighted by molar-refractivity contribution is 7.99. The molecule has 1 saturated heterocycles. The molecule has 0 aliphatic carbocycles. The van der Waals surface area contributed by atoms with Crippen molar-refractivity contribution >= 4 is 34.2 Å². The number of likely N-dealkylation sites (tertiary alicyclic amines) is 1. The summed E-state index contributed by atoms with van der Waals surface area (Å²) in [6, 6.07) is 11.0. The maximum atomic E-state index is 12.8. The molecule has 1 aliphatic rings. The van der Waals surface area contributed by atoms with E-state index in [0.717, 1.165) is 40.1 Å². The number of benzene rings is 1. The van der Waals surface area contributed by atoms with Crippen LogP contribution in [-0.4, -0.2) is 43.2 Å². The van der Waals surface area contributed by atoms with Crippen molar-refractivity contribution in [1.29, 1.82) is 0 Å². The average Bonchev–Trinajstić information content (AvgIpc) is 3.05. The number of rotatable bonds is 3. The van der Waals surface area contributed by atoms with Crippen LogP contribution in [0.3, 0.4) is 0 Å². The summed E-state index contributed by atoms with van der Waals surface area (Å²) in [4.78, 5) is 14.9. The quantitative estimate of drug-likeness (QED) is 0.654. The number of carbonyl (C=O) groups is 1. The van der Waals surface area contributed by atoms with Gasteiger partial charge in [-0.3, -0.25) is 9.20 Å². The topological polar surface area (TPSA) is 50.5 Å². The molecule has 3 aromatic rings. The van der Waals surface area contributed by atoms with E-state index in [1.807, 2.05) is 19.1 Å². The van der Waals surface area contributed by atoms with Crippen molar-refractivity contribution in [2.75, 3.05) is 5.75 Å². The van der Waals surface area contributed by atoms with Crippen LogP contribution in [0.1, 0.15) is 38.7 Å². The van der Waals surface area contributed by atoms with Crippen LogP contribution in [-0.2, 0) is 4.79 Å². The number of fused-ring (bicyclic) bond motifs is 3. The second kappa shape index (κ2) is 6.91. The summed E-state index contributed by atoms with van der Waals surface area (Å²) in [7, 11) is 0. The van der Waals surface area contributed by atoms with Crippen molar-refractivity contribution in [3.8, 4) is 0 Å². The summed E-state index contributed by atoms with van der Waals surface area (Å²) < 4.78 is 2.08. The van der Waals surface area contributed by atoms with Crippen molar-refractivity contribution in [2.45, 2.75) is 57.3 Å². The molecular formula is C20H24N4OS. The molecule has 26 heavy (non-hydrogen) atoms. The summed E-state index contributed by atoms with van der Waals surface area (Å²) in [5.41, 5.74) is 3.03. The first kappa shape index (κ1) is 17.3. The molecule has 0 bridgehead atoms. The molecule has 5 nitrogen and oxygen atoms in total. The monoisotopic (exact) mass is 368 g/mol. The minimum absolute atomic E-state index is 0.198. The van der Waals surface area contributed by atoms with E-state index in [0.29, 0.717) is 17.8 Å². The minimum atomic E-state index is 0.198. The minimum Gasteiger partial charge on any atom is -0.337 e. The Morgan fingerprint density at radius 3 is 2.69 bits per heavy atom. The molecule has 3 heterocycles. The number of aromatic nitrogens is 3. The van der Waals surface area contributed by atoms with Gasteiger partial charge in [0.15, 0.2) is 10.8 Å². The number of nitrogens with zero attached hydrogens (tertiary/aromatic N) is 4. The Hall–Kier alpha value is -2.08. The Kier molecular flexibility index (Phi) is 4.61. The van der Waals surface area contributed by atoms with Gasteiger partial charge in [0.2, 0.25) is 5.91 Å². The fourth-order valence-corrected chi connectivity index (χ4v) is 4.87. The number of piperidine rings is 1. The molecule has 0 unspecified atom stereocenters. The highest BCUT2D eigenvalue weighted by atomic mass is 32.2. The molecule has 1 aliphatic heterocycles. The number of aryl methyl sites for hydroxylation is 1. The number of hydrogen-bond acceptors (Lipinski definition) is 4. The Bertz CT molecular complexity index is 957. The lowest BCUT2D eigenvalue weighted by Crippen LogP contribution is -2.48. The Morgan fingerprint density at radius 1 is 1.19 bits per heavy atom. The largest absolute Gasteiger partial charge is 0.337 e. The van der Waals surface area contributed by atoms with Crippen LogP contribution >= 0.6 is 11.8 Å². The summed E-state index contributed by atoms with van der Waals surface area (Å²) in [5.74, 6) is 0.598. The molecular weight excluding hydrogens is 344 g/mol. The molecule has 0 radical (unpaired) electrons. The predicted molar refractivity (Wildman–Crippen MR) is 106 cm³/mol. The zero-order chi connectivity index (χ0) is 18.3. The van der Waals surface area contributed by atoms with E-state index in [1.165, 1.54) is 18.2 Å². The van der Waals surface area contributed by atoms with Gasteiger partial charge in [-0.25, -0.2) is 0 Å². The first-order valence-corrected chi connectivity index (χ1v) is 10.2. The van der Waals surface area contributed by atoms with Gasteiger partial charge in [-0.2, -0.15) is 0 Å². The first-order chi connectivity index (χ1) is 12.6. The zero-order valence-corrected chi connectivity index (χ0v) is 16.3. The standard InChI is InChI=1S/C20H24N4OS/c1-13-11-16-9-4-5-10-17(16)24-19(13)21-22-20(24)26-12-18(25)23-14(2)7-6-8-15(23)3/h4-5,9-11,14-15H,6-8,12H2,1-3H3/t14-,15-/m1/s1. The number of pyridine rings is 1. The smallest absolute Gasteiger partial charge is 0.233 e. The lowest BCUT2D eigenvalue weighted by molar-refractivity contribution is -0.134. The molecule has 136 valence electrons. The van der Waals surface area contributed by atoms with Crippen LogP contribution in [0, 0.1) is 6.92 Å². The molecule has 1 aromatic carbocycles. The molecule has 2 atom stereocenters. The van der Waals surface area contributed by atoms with Gasteiger partial charge in [0, 0.05) is 12.1 Å². The molecule has 0 N–H and O–H groups in total. The first-order valence-electron chi connectivity index (χ1n) is 9.23. The van der Waals surface area contributed by atoms with Gasteiger partial charge in [0.25, 0.3) is 0 Å². The van der Waals surface area contributed by atoms with Gasteiger partial charge in [-0.15, -0.1) is 10.2 Å². The third-order valence-corrected chi connectivity index (χ3v) is 6.26. The van der Waals surface area contributed by atoms with Crippen molar-refractivity contribution in [3.05, 3.63) is 35.9 Å². The normalized spacial score (nSPS) is 20.8. The third kappa shape index (κ3) is 2.96. The summed E-state index contributed by atoms with van der Waals surface area (Å²) in [6.45, 7) is 6.36.